The highest BCUT2D eigenvalue weighted by Gasteiger charge is 2.14. The van der Waals surface area contributed by atoms with Gasteiger partial charge in [-0.05, 0) is 67.1 Å². The summed E-state index contributed by atoms with van der Waals surface area (Å²) in [5.74, 6) is 1.00. The lowest BCUT2D eigenvalue weighted by atomic mass is 10.1. The van der Waals surface area contributed by atoms with Gasteiger partial charge in [-0.3, -0.25) is 0 Å². The molecule has 0 aliphatic heterocycles. The number of rotatable bonds is 8. The Labute approximate surface area is 225 Å². The van der Waals surface area contributed by atoms with E-state index in [4.69, 9.17) is 31.2 Å². The van der Waals surface area contributed by atoms with Crippen LogP contribution in [0.3, 0.4) is 0 Å². The minimum atomic E-state index is -0.450. The summed E-state index contributed by atoms with van der Waals surface area (Å²) in [5.41, 5.74) is 3.84. The lowest BCUT2D eigenvalue weighted by molar-refractivity contribution is 0.0728. The first-order chi connectivity index (χ1) is 18.6. The molecular weight excluding hydrogens is 498 g/mol. The fraction of sp³-hybridized carbons (Fsp3) is 0.0645. The molecule has 0 fully saturated rings. The van der Waals surface area contributed by atoms with E-state index in [9.17, 15) is 4.79 Å². The number of nitrogens with zero attached hydrogens (tertiary/aromatic N) is 3. The largest absolute Gasteiger partial charge is 0.490 e. The van der Waals surface area contributed by atoms with Gasteiger partial charge in [0.15, 0.2) is 17.3 Å². The molecule has 0 unspecified atom stereocenters. The Morgan fingerprint density at radius 1 is 0.895 bits per heavy atom. The lowest BCUT2D eigenvalue weighted by Gasteiger charge is -2.11. The Morgan fingerprint density at radius 3 is 2.32 bits per heavy atom. The van der Waals surface area contributed by atoms with Gasteiger partial charge in [-0.2, -0.15) is 5.10 Å². The van der Waals surface area contributed by atoms with Crippen LogP contribution in [0.1, 0.15) is 22.8 Å². The Balaban J connectivity index is 1.45. The number of hydrogen-bond donors (Lipinski definition) is 0. The first kappa shape index (κ1) is 25.0. The number of para-hydroxylation sites is 1. The van der Waals surface area contributed by atoms with Crippen molar-refractivity contribution in [2.45, 2.75) is 6.92 Å². The summed E-state index contributed by atoms with van der Waals surface area (Å²) in [7, 11) is 0. The molecule has 0 aliphatic carbocycles. The van der Waals surface area contributed by atoms with E-state index >= 15 is 0 Å². The van der Waals surface area contributed by atoms with E-state index in [-0.39, 0.29) is 0 Å². The van der Waals surface area contributed by atoms with E-state index in [1.807, 2.05) is 79.7 Å². The Hall–Kier alpha value is -4.68. The number of ether oxygens (including phenoxy) is 2. The van der Waals surface area contributed by atoms with Crippen molar-refractivity contribution in [3.63, 3.8) is 0 Å². The zero-order valence-electron chi connectivity index (χ0n) is 20.6. The van der Waals surface area contributed by atoms with Crippen molar-refractivity contribution in [3.8, 4) is 28.4 Å². The van der Waals surface area contributed by atoms with Crippen molar-refractivity contribution in [1.82, 2.24) is 9.78 Å². The van der Waals surface area contributed by atoms with Crippen LogP contribution >= 0.6 is 11.6 Å². The van der Waals surface area contributed by atoms with Crippen LogP contribution in [-0.2, 0) is 0 Å². The van der Waals surface area contributed by atoms with E-state index in [1.165, 1.54) is 0 Å². The number of aromatic nitrogens is 2. The Kier molecular flexibility index (Phi) is 7.62. The third-order valence-electron chi connectivity index (χ3n) is 5.66. The van der Waals surface area contributed by atoms with Gasteiger partial charge < -0.3 is 9.47 Å². The van der Waals surface area contributed by atoms with Gasteiger partial charge in [0, 0.05) is 22.9 Å². The van der Waals surface area contributed by atoms with Crippen LogP contribution in [0.5, 0.6) is 11.5 Å². The van der Waals surface area contributed by atoms with Gasteiger partial charge in [-0.1, -0.05) is 60.1 Å². The third kappa shape index (κ3) is 5.82. The highest BCUT2D eigenvalue weighted by atomic mass is 35.5. The number of benzene rings is 4. The first-order valence-corrected chi connectivity index (χ1v) is 12.5. The third-order valence-corrected chi connectivity index (χ3v) is 5.91. The summed E-state index contributed by atoms with van der Waals surface area (Å²) >= 11 is 6.07. The van der Waals surface area contributed by atoms with Gasteiger partial charge in [0.2, 0.25) is 0 Å². The topological polar surface area (TPSA) is 65.7 Å². The zero-order valence-corrected chi connectivity index (χ0v) is 21.4. The van der Waals surface area contributed by atoms with Crippen LogP contribution < -0.4 is 9.47 Å². The van der Waals surface area contributed by atoms with E-state index in [2.05, 4.69) is 0 Å². The van der Waals surface area contributed by atoms with Crippen molar-refractivity contribution in [1.29, 1.82) is 0 Å². The summed E-state index contributed by atoms with van der Waals surface area (Å²) in [6, 6.07) is 33.4. The molecule has 0 atom stereocenters. The molecule has 0 aliphatic rings. The van der Waals surface area contributed by atoms with Crippen molar-refractivity contribution in [2.24, 2.45) is 4.99 Å². The molecule has 4 aromatic carbocycles. The van der Waals surface area contributed by atoms with Gasteiger partial charge >= 0.3 is 5.97 Å². The molecule has 0 saturated heterocycles. The number of carbonyl (C=O) groups is 1. The van der Waals surface area contributed by atoms with Gasteiger partial charge in [-0.15, -0.1) is 0 Å². The number of halogens is 1. The van der Waals surface area contributed by atoms with Gasteiger partial charge in [0.05, 0.1) is 23.6 Å². The van der Waals surface area contributed by atoms with Gasteiger partial charge in [0.1, 0.15) is 0 Å². The molecule has 0 spiro atoms. The van der Waals surface area contributed by atoms with Crippen LogP contribution in [0.2, 0.25) is 5.02 Å². The van der Waals surface area contributed by atoms with Crippen molar-refractivity contribution < 1.29 is 14.3 Å². The quantitative estimate of drug-likeness (QED) is 0.120. The standard InChI is InChI=1S/C31H24ClN3O3/c1-2-37-29-19-22(13-18-28(29)38-31(36)24-9-5-3-6-10-24)21-33-30-20-27(23-14-16-25(32)17-15-23)34-35(30)26-11-7-4-8-12-26/h3-21H,2H2,1H3. The van der Waals surface area contributed by atoms with E-state index in [0.717, 1.165) is 22.5 Å². The fourth-order valence-corrected chi connectivity index (χ4v) is 3.94. The highest BCUT2D eigenvalue weighted by Crippen LogP contribution is 2.30. The SMILES string of the molecule is CCOc1cc(C=Nc2cc(-c3ccc(Cl)cc3)nn2-c2ccccc2)ccc1OC(=O)c1ccccc1. The number of hydrogen-bond acceptors (Lipinski definition) is 5. The summed E-state index contributed by atoms with van der Waals surface area (Å²) in [6.45, 7) is 2.29. The molecule has 0 radical (unpaired) electrons. The van der Waals surface area contributed by atoms with E-state index in [1.54, 1.807) is 47.3 Å². The second-order valence-electron chi connectivity index (χ2n) is 8.29. The molecule has 1 aromatic heterocycles. The summed E-state index contributed by atoms with van der Waals surface area (Å²) in [4.78, 5) is 17.3. The molecule has 0 bridgehead atoms. The number of carbonyl (C=O) groups excluding carboxylic acids is 1. The monoisotopic (exact) mass is 521 g/mol. The molecule has 188 valence electrons. The van der Waals surface area contributed by atoms with E-state index < -0.39 is 5.97 Å². The number of esters is 1. The predicted molar refractivity (Wildman–Crippen MR) is 150 cm³/mol. The van der Waals surface area contributed by atoms with Crippen LogP contribution in [0.4, 0.5) is 5.82 Å². The predicted octanol–water partition coefficient (Wildman–Crippen LogP) is 7.56. The molecule has 0 saturated carbocycles. The number of aliphatic imine (C=N–C) groups is 1. The van der Waals surface area contributed by atoms with Crippen LogP contribution in [0.25, 0.3) is 16.9 Å². The molecular formula is C31H24ClN3O3. The minimum Gasteiger partial charge on any atom is -0.490 e. The maximum atomic E-state index is 12.6. The fourth-order valence-electron chi connectivity index (χ4n) is 3.82. The second kappa shape index (κ2) is 11.6. The molecule has 5 aromatic rings. The summed E-state index contributed by atoms with van der Waals surface area (Å²) in [5, 5.41) is 5.46. The molecule has 7 heteroatoms. The molecule has 0 amide bonds. The average molecular weight is 522 g/mol. The molecule has 6 nitrogen and oxygen atoms in total. The summed E-state index contributed by atoms with van der Waals surface area (Å²) < 4.78 is 13.2. The van der Waals surface area contributed by atoms with Crippen LogP contribution in [0, 0.1) is 0 Å². The molecule has 1 heterocycles. The molecule has 5 rings (SSSR count). The van der Waals surface area contributed by atoms with Gasteiger partial charge in [0.25, 0.3) is 0 Å². The lowest BCUT2D eigenvalue weighted by Crippen LogP contribution is -2.09. The van der Waals surface area contributed by atoms with Crippen molar-refractivity contribution >= 4 is 29.6 Å². The van der Waals surface area contributed by atoms with E-state index in [0.29, 0.717) is 34.5 Å². The van der Waals surface area contributed by atoms with Crippen molar-refractivity contribution in [3.05, 3.63) is 125 Å². The van der Waals surface area contributed by atoms with Crippen LogP contribution in [-0.4, -0.2) is 28.6 Å². The van der Waals surface area contributed by atoms with Gasteiger partial charge in [-0.25, -0.2) is 14.5 Å². The Bertz CT molecular complexity index is 1560. The molecule has 38 heavy (non-hydrogen) atoms. The maximum absolute atomic E-state index is 12.6. The zero-order chi connectivity index (χ0) is 26.3. The normalized spacial score (nSPS) is 11.0. The molecule has 0 N–H and O–H groups in total. The average Bonchev–Trinajstić information content (AvgIpc) is 3.39. The Morgan fingerprint density at radius 2 is 1.61 bits per heavy atom. The van der Waals surface area contributed by atoms with Crippen molar-refractivity contribution in [2.75, 3.05) is 6.61 Å². The highest BCUT2D eigenvalue weighted by molar-refractivity contribution is 6.30. The van der Waals surface area contributed by atoms with Crippen LogP contribution in [0.15, 0.2) is 114 Å². The second-order valence-corrected chi connectivity index (χ2v) is 8.73. The smallest absolute Gasteiger partial charge is 0.343 e. The first-order valence-electron chi connectivity index (χ1n) is 12.1. The summed E-state index contributed by atoms with van der Waals surface area (Å²) in [6.07, 6.45) is 1.73. The maximum Gasteiger partial charge on any atom is 0.343 e. The minimum absolute atomic E-state index is 0.345.